The molecular weight excluding hydrogens is 434 g/mol. The van der Waals surface area contributed by atoms with Gasteiger partial charge < -0.3 is 4.74 Å². The van der Waals surface area contributed by atoms with Gasteiger partial charge in [-0.2, -0.15) is 5.10 Å². The normalized spacial score (nSPS) is 10.9. The second-order valence-electron chi connectivity index (χ2n) is 5.90. The number of hydrogen-bond donors (Lipinski definition) is 1. The fourth-order valence-corrected chi connectivity index (χ4v) is 3.42. The minimum atomic E-state index is 0.743. The van der Waals surface area contributed by atoms with Gasteiger partial charge in [-0.25, -0.2) is 4.98 Å². The molecule has 1 heterocycles. The van der Waals surface area contributed by atoms with E-state index < -0.39 is 0 Å². The number of aromatic nitrogens is 1. The number of benzene rings is 3. The minimum absolute atomic E-state index is 0.743. The maximum Gasteiger partial charge on any atom is 0.203 e. The van der Waals surface area contributed by atoms with Crippen LogP contribution in [0.1, 0.15) is 5.56 Å². The van der Waals surface area contributed by atoms with E-state index in [4.69, 9.17) is 4.74 Å². The van der Waals surface area contributed by atoms with E-state index in [0.717, 1.165) is 37.9 Å². The number of thiazole rings is 1. The molecule has 6 heteroatoms. The van der Waals surface area contributed by atoms with Gasteiger partial charge in [-0.05, 0) is 54.1 Å². The van der Waals surface area contributed by atoms with Crippen molar-refractivity contribution in [1.82, 2.24) is 4.98 Å². The van der Waals surface area contributed by atoms with Crippen LogP contribution in [0, 0.1) is 0 Å². The molecule has 0 aliphatic carbocycles. The minimum Gasteiger partial charge on any atom is -0.457 e. The van der Waals surface area contributed by atoms with Crippen molar-refractivity contribution in [3.63, 3.8) is 0 Å². The van der Waals surface area contributed by atoms with Gasteiger partial charge in [-0.1, -0.05) is 46.3 Å². The van der Waals surface area contributed by atoms with Gasteiger partial charge in [0.15, 0.2) is 0 Å². The first kappa shape index (κ1) is 18.4. The van der Waals surface area contributed by atoms with Crippen molar-refractivity contribution >= 4 is 38.6 Å². The molecule has 0 amide bonds. The van der Waals surface area contributed by atoms with Crippen LogP contribution in [0.15, 0.2) is 93.8 Å². The van der Waals surface area contributed by atoms with Gasteiger partial charge in [0.2, 0.25) is 5.13 Å². The summed E-state index contributed by atoms with van der Waals surface area (Å²) in [5.41, 5.74) is 5.93. The Kier molecular flexibility index (Phi) is 5.80. The molecule has 0 fully saturated rings. The number of hydrazone groups is 1. The molecule has 0 aliphatic rings. The quantitative estimate of drug-likeness (QED) is 0.259. The number of anilines is 1. The maximum atomic E-state index is 5.82. The van der Waals surface area contributed by atoms with Crippen LogP contribution >= 0.6 is 27.3 Å². The van der Waals surface area contributed by atoms with E-state index in [1.54, 1.807) is 6.21 Å². The van der Waals surface area contributed by atoms with Crippen molar-refractivity contribution in [2.45, 2.75) is 0 Å². The van der Waals surface area contributed by atoms with E-state index in [0.29, 0.717) is 0 Å². The second-order valence-corrected chi connectivity index (χ2v) is 7.67. The fraction of sp³-hybridized carbons (Fsp3) is 0. The zero-order chi connectivity index (χ0) is 19.2. The van der Waals surface area contributed by atoms with Gasteiger partial charge in [0.05, 0.1) is 11.9 Å². The van der Waals surface area contributed by atoms with Gasteiger partial charge in [0, 0.05) is 15.4 Å². The number of para-hydroxylation sites is 1. The molecule has 0 saturated carbocycles. The Labute approximate surface area is 175 Å². The monoisotopic (exact) mass is 449 g/mol. The highest BCUT2D eigenvalue weighted by atomic mass is 79.9. The van der Waals surface area contributed by atoms with Crippen molar-refractivity contribution in [1.29, 1.82) is 0 Å². The number of ether oxygens (including phenoxy) is 1. The number of halogens is 1. The first-order valence-electron chi connectivity index (χ1n) is 8.60. The van der Waals surface area contributed by atoms with Crippen LogP contribution in [0.4, 0.5) is 5.13 Å². The summed E-state index contributed by atoms with van der Waals surface area (Å²) in [6.45, 7) is 0. The van der Waals surface area contributed by atoms with Gasteiger partial charge in [0.1, 0.15) is 11.5 Å². The zero-order valence-corrected chi connectivity index (χ0v) is 17.2. The lowest BCUT2D eigenvalue weighted by atomic mass is 10.2. The molecule has 0 radical (unpaired) electrons. The van der Waals surface area contributed by atoms with E-state index in [-0.39, 0.29) is 0 Å². The molecule has 28 heavy (non-hydrogen) atoms. The second kappa shape index (κ2) is 8.82. The summed E-state index contributed by atoms with van der Waals surface area (Å²) in [6, 6.07) is 25.6. The molecule has 138 valence electrons. The van der Waals surface area contributed by atoms with Crippen molar-refractivity contribution in [2.24, 2.45) is 5.10 Å². The van der Waals surface area contributed by atoms with Crippen LogP contribution < -0.4 is 10.2 Å². The van der Waals surface area contributed by atoms with E-state index in [9.17, 15) is 0 Å². The highest BCUT2D eigenvalue weighted by molar-refractivity contribution is 9.10. The predicted molar refractivity (Wildman–Crippen MR) is 119 cm³/mol. The molecule has 0 bridgehead atoms. The lowest BCUT2D eigenvalue weighted by Crippen LogP contribution is -1.90. The summed E-state index contributed by atoms with van der Waals surface area (Å²) >= 11 is 4.93. The highest BCUT2D eigenvalue weighted by Crippen LogP contribution is 2.28. The Hall–Kier alpha value is -2.96. The van der Waals surface area contributed by atoms with Crippen LogP contribution in [0.2, 0.25) is 0 Å². The average Bonchev–Trinajstić information content (AvgIpc) is 3.20. The molecule has 3 aromatic carbocycles. The molecule has 0 unspecified atom stereocenters. The van der Waals surface area contributed by atoms with Gasteiger partial charge in [-0.15, -0.1) is 11.3 Å². The smallest absolute Gasteiger partial charge is 0.203 e. The molecule has 4 rings (SSSR count). The van der Waals surface area contributed by atoms with Crippen molar-refractivity contribution in [3.05, 3.63) is 94.3 Å². The van der Waals surface area contributed by atoms with Crippen molar-refractivity contribution < 1.29 is 4.74 Å². The summed E-state index contributed by atoms with van der Waals surface area (Å²) in [5.74, 6) is 1.61. The van der Waals surface area contributed by atoms with E-state index in [1.807, 2.05) is 84.2 Å². The van der Waals surface area contributed by atoms with Gasteiger partial charge in [-0.3, -0.25) is 5.43 Å². The van der Waals surface area contributed by atoms with Crippen LogP contribution in [-0.2, 0) is 0 Å². The topological polar surface area (TPSA) is 46.5 Å². The van der Waals surface area contributed by atoms with Crippen LogP contribution in [0.3, 0.4) is 0 Å². The van der Waals surface area contributed by atoms with E-state index in [2.05, 4.69) is 31.4 Å². The third-order valence-corrected chi connectivity index (χ3v) is 5.15. The van der Waals surface area contributed by atoms with E-state index >= 15 is 0 Å². The molecule has 4 aromatic rings. The largest absolute Gasteiger partial charge is 0.457 e. The Morgan fingerprint density at radius 3 is 2.36 bits per heavy atom. The van der Waals surface area contributed by atoms with E-state index in [1.165, 1.54) is 11.3 Å². The summed E-state index contributed by atoms with van der Waals surface area (Å²) in [6.07, 6.45) is 1.77. The molecule has 0 aliphatic heterocycles. The summed E-state index contributed by atoms with van der Waals surface area (Å²) < 4.78 is 6.87. The van der Waals surface area contributed by atoms with Crippen molar-refractivity contribution in [2.75, 3.05) is 5.43 Å². The molecule has 4 nitrogen and oxygen atoms in total. The molecule has 1 N–H and O–H groups in total. The predicted octanol–water partition coefficient (Wildman–Crippen LogP) is 6.81. The zero-order valence-electron chi connectivity index (χ0n) is 14.7. The molecular formula is C22H16BrN3OS. The van der Waals surface area contributed by atoms with Crippen LogP contribution in [0.25, 0.3) is 11.3 Å². The first-order chi connectivity index (χ1) is 13.8. The SMILES string of the molecule is Brc1ccc(/C=N\Nc2nc(-c3ccc(Oc4ccccc4)cc3)cs2)cc1. The number of hydrogen-bond acceptors (Lipinski definition) is 5. The molecule has 0 atom stereocenters. The lowest BCUT2D eigenvalue weighted by Gasteiger charge is -2.05. The summed E-state index contributed by atoms with van der Waals surface area (Å²) in [4.78, 5) is 4.58. The van der Waals surface area contributed by atoms with Crippen LogP contribution in [-0.4, -0.2) is 11.2 Å². The Morgan fingerprint density at radius 1 is 0.893 bits per heavy atom. The first-order valence-corrected chi connectivity index (χ1v) is 10.3. The highest BCUT2D eigenvalue weighted by Gasteiger charge is 2.05. The summed E-state index contributed by atoms with van der Waals surface area (Å²) in [7, 11) is 0. The van der Waals surface area contributed by atoms with Gasteiger partial charge in [0.25, 0.3) is 0 Å². The molecule has 0 spiro atoms. The lowest BCUT2D eigenvalue weighted by molar-refractivity contribution is 0.483. The standard InChI is InChI=1S/C22H16BrN3OS/c23-18-10-6-16(7-11-18)14-24-26-22-25-21(15-28-22)17-8-12-20(13-9-17)27-19-4-2-1-3-5-19/h1-15H,(H,25,26)/b24-14-. The Bertz CT molecular complexity index is 1060. The summed E-state index contributed by atoms with van der Waals surface area (Å²) in [5, 5.41) is 7.00. The Morgan fingerprint density at radius 2 is 1.61 bits per heavy atom. The van der Waals surface area contributed by atoms with Crippen LogP contribution in [0.5, 0.6) is 11.5 Å². The van der Waals surface area contributed by atoms with Crippen molar-refractivity contribution in [3.8, 4) is 22.8 Å². The number of nitrogens with one attached hydrogen (secondary N) is 1. The Balaban J connectivity index is 1.39. The molecule has 0 saturated heterocycles. The van der Waals surface area contributed by atoms with Gasteiger partial charge >= 0.3 is 0 Å². The average molecular weight is 450 g/mol. The third kappa shape index (κ3) is 4.85. The number of rotatable bonds is 6. The molecule has 1 aromatic heterocycles. The fourth-order valence-electron chi connectivity index (χ4n) is 2.49. The maximum absolute atomic E-state index is 5.82. The third-order valence-electron chi connectivity index (χ3n) is 3.88. The number of nitrogens with zero attached hydrogens (tertiary/aromatic N) is 2.